The maximum absolute atomic E-state index is 12.4. The first-order valence-electron chi connectivity index (χ1n) is 10.9. The van der Waals surface area contributed by atoms with Gasteiger partial charge in [0, 0.05) is 61.6 Å². The van der Waals surface area contributed by atoms with Crippen LogP contribution in [0.25, 0.3) is 17.2 Å². The number of benzene rings is 1. The summed E-state index contributed by atoms with van der Waals surface area (Å²) in [5.74, 6) is -1.24. The normalized spacial score (nSPS) is 16.7. The predicted molar refractivity (Wildman–Crippen MR) is 126 cm³/mol. The van der Waals surface area contributed by atoms with Crippen LogP contribution < -0.4 is 5.32 Å². The van der Waals surface area contributed by atoms with Gasteiger partial charge in [0.05, 0.1) is 12.1 Å². The minimum atomic E-state index is -0.718. The molecule has 4 rings (SSSR count). The molecule has 8 nitrogen and oxygen atoms in total. The van der Waals surface area contributed by atoms with E-state index in [4.69, 9.17) is 0 Å². The summed E-state index contributed by atoms with van der Waals surface area (Å²) in [6.45, 7) is 2.19. The highest BCUT2D eigenvalue weighted by atomic mass is 16.4. The Kier molecular flexibility index (Phi) is 6.95. The molecule has 8 heteroatoms. The van der Waals surface area contributed by atoms with Gasteiger partial charge >= 0.3 is 5.97 Å². The van der Waals surface area contributed by atoms with E-state index in [1.54, 1.807) is 29.3 Å². The van der Waals surface area contributed by atoms with Gasteiger partial charge in [-0.2, -0.15) is 5.10 Å². The van der Waals surface area contributed by atoms with Crippen molar-refractivity contribution >= 4 is 23.6 Å². The molecule has 170 valence electrons. The summed E-state index contributed by atoms with van der Waals surface area (Å²) in [6, 6.07) is 9.56. The van der Waals surface area contributed by atoms with Crippen LogP contribution in [0.1, 0.15) is 24.0 Å². The molecule has 3 heterocycles. The molecule has 3 aromatic rings. The highest BCUT2D eigenvalue weighted by Crippen LogP contribution is 2.23. The summed E-state index contributed by atoms with van der Waals surface area (Å²) < 4.78 is 1.73. The number of carbonyl (C=O) groups excluding carboxylic acids is 1. The third-order valence-corrected chi connectivity index (χ3v) is 5.76. The number of rotatable bonds is 7. The molecule has 1 atom stereocenters. The average Bonchev–Trinajstić information content (AvgIpc) is 3.25. The summed E-state index contributed by atoms with van der Waals surface area (Å²) in [6.07, 6.45) is 12.0. The summed E-state index contributed by atoms with van der Waals surface area (Å²) in [5, 5.41) is 16.3. The largest absolute Gasteiger partial charge is 0.481 e. The zero-order valence-corrected chi connectivity index (χ0v) is 18.5. The molecular weight excluding hydrogens is 418 g/mol. The average molecular weight is 446 g/mol. The Labute approximate surface area is 192 Å². The number of hydrogen-bond donors (Lipinski definition) is 2. The van der Waals surface area contributed by atoms with E-state index in [-0.39, 0.29) is 11.8 Å². The molecule has 1 amide bonds. The Morgan fingerprint density at radius 1 is 1.21 bits per heavy atom. The molecule has 1 aliphatic heterocycles. The number of aliphatic carboxylic acids is 1. The zero-order chi connectivity index (χ0) is 23.2. The number of amides is 1. The first kappa shape index (κ1) is 22.4. The van der Waals surface area contributed by atoms with E-state index in [9.17, 15) is 14.7 Å². The van der Waals surface area contributed by atoms with Gasteiger partial charge in [-0.3, -0.25) is 24.2 Å². The van der Waals surface area contributed by atoms with E-state index in [2.05, 4.69) is 20.3 Å². The van der Waals surface area contributed by atoms with Crippen molar-refractivity contribution in [3.05, 3.63) is 72.3 Å². The fourth-order valence-corrected chi connectivity index (χ4v) is 4.06. The van der Waals surface area contributed by atoms with E-state index >= 15 is 0 Å². The fourth-order valence-electron chi connectivity index (χ4n) is 4.06. The third kappa shape index (κ3) is 5.93. The second kappa shape index (κ2) is 10.2. The van der Waals surface area contributed by atoms with E-state index < -0.39 is 5.97 Å². The number of carboxylic acids is 1. The standard InChI is InChI=1S/C25H27N5O3/c1-29-16-21(14-27-29)23-10-11-26-13-19(23)6-9-24(31)28-22-7-4-18(5-8-22)15-30-12-2-3-20(17-30)25(32)33/h4-11,13-14,16,20H,2-3,12,15,17H2,1H3,(H,28,31)(H,32,33)/b9-6+. The smallest absolute Gasteiger partial charge is 0.307 e. The molecule has 1 unspecified atom stereocenters. The lowest BCUT2D eigenvalue weighted by Gasteiger charge is -2.30. The number of nitrogens with zero attached hydrogens (tertiary/aromatic N) is 4. The lowest BCUT2D eigenvalue weighted by atomic mass is 9.98. The van der Waals surface area contributed by atoms with E-state index in [1.165, 1.54) is 6.08 Å². The van der Waals surface area contributed by atoms with Crippen molar-refractivity contribution in [2.75, 3.05) is 18.4 Å². The third-order valence-electron chi connectivity index (χ3n) is 5.76. The maximum Gasteiger partial charge on any atom is 0.307 e. The van der Waals surface area contributed by atoms with Crippen LogP contribution in [0.5, 0.6) is 0 Å². The second-order valence-corrected chi connectivity index (χ2v) is 8.30. The van der Waals surface area contributed by atoms with Gasteiger partial charge in [0.15, 0.2) is 0 Å². The van der Waals surface area contributed by atoms with Gasteiger partial charge in [0.1, 0.15) is 0 Å². The van der Waals surface area contributed by atoms with Crippen molar-refractivity contribution in [1.82, 2.24) is 19.7 Å². The van der Waals surface area contributed by atoms with Gasteiger partial charge in [0.2, 0.25) is 5.91 Å². The molecular formula is C25H27N5O3. The number of aryl methyl sites for hydroxylation is 1. The molecule has 0 saturated carbocycles. The van der Waals surface area contributed by atoms with Crippen molar-refractivity contribution in [2.45, 2.75) is 19.4 Å². The molecule has 2 N–H and O–H groups in total. The number of carbonyl (C=O) groups is 2. The molecule has 0 bridgehead atoms. The van der Waals surface area contributed by atoms with E-state index in [0.717, 1.165) is 41.6 Å². The number of anilines is 1. The summed E-state index contributed by atoms with van der Waals surface area (Å²) >= 11 is 0. The summed E-state index contributed by atoms with van der Waals surface area (Å²) in [5.41, 5.74) is 4.53. The lowest BCUT2D eigenvalue weighted by Crippen LogP contribution is -2.38. The number of aromatic nitrogens is 3. The molecule has 1 fully saturated rings. The van der Waals surface area contributed by atoms with Crippen molar-refractivity contribution in [3.63, 3.8) is 0 Å². The quantitative estimate of drug-likeness (QED) is 0.541. The molecule has 0 aliphatic carbocycles. The summed E-state index contributed by atoms with van der Waals surface area (Å²) in [4.78, 5) is 30.0. The van der Waals surface area contributed by atoms with Gasteiger partial charge in [-0.1, -0.05) is 12.1 Å². The van der Waals surface area contributed by atoms with Crippen molar-refractivity contribution in [3.8, 4) is 11.1 Å². The first-order valence-corrected chi connectivity index (χ1v) is 10.9. The second-order valence-electron chi connectivity index (χ2n) is 8.30. The monoisotopic (exact) mass is 445 g/mol. The topological polar surface area (TPSA) is 100 Å². The molecule has 1 aromatic carbocycles. The van der Waals surface area contributed by atoms with Crippen molar-refractivity contribution in [1.29, 1.82) is 0 Å². The van der Waals surface area contributed by atoms with Crippen LogP contribution in [0.4, 0.5) is 5.69 Å². The first-order chi connectivity index (χ1) is 16.0. The van der Waals surface area contributed by atoms with Crippen LogP contribution in [-0.4, -0.2) is 49.7 Å². The highest BCUT2D eigenvalue weighted by Gasteiger charge is 2.25. The minimum Gasteiger partial charge on any atom is -0.481 e. The number of pyridine rings is 1. The molecule has 0 spiro atoms. The predicted octanol–water partition coefficient (Wildman–Crippen LogP) is 3.43. The molecule has 1 aliphatic rings. The number of hydrogen-bond acceptors (Lipinski definition) is 5. The Morgan fingerprint density at radius 3 is 2.76 bits per heavy atom. The Morgan fingerprint density at radius 2 is 2.03 bits per heavy atom. The maximum atomic E-state index is 12.4. The van der Waals surface area contributed by atoms with Crippen LogP contribution in [0.15, 0.2) is 61.2 Å². The van der Waals surface area contributed by atoms with Crippen molar-refractivity contribution < 1.29 is 14.7 Å². The van der Waals surface area contributed by atoms with Crippen LogP contribution >= 0.6 is 0 Å². The molecule has 0 radical (unpaired) electrons. The SMILES string of the molecule is Cn1cc(-c2ccncc2/C=C/C(=O)Nc2ccc(CN3CCCC(C(=O)O)C3)cc2)cn1. The molecule has 33 heavy (non-hydrogen) atoms. The highest BCUT2D eigenvalue weighted by molar-refractivity contribution is 6.02. The fraction of sp³-hybridized carbons (Fsp3) is 0.280. The number of likely N-dealkylation sites (tertiary alicyclic amines) is 1. The lowest BCUT2D eigenvalue weighted by molar-refractivity contribution is -0.143. The van der Waals surface area contributed by atoms with Gasteiger partial charge < -0.3 is 10.4 Å². The van der Waals surface area contributed by atoms with E-state index in [1.807, 2.05) is 43.6 Å². The number of piperidine rings is 1. The molecule has 2 aromatic heterocycles. The molecule has 1 saturated heterocycles. The Balaban J connectivity index is 1.35. The van der Waals surface area contributed by atoms with E-state index in [0.29, 0.717) is 18.8 Å². The zero-order valence-electron chi connectivity index (χ0n) is 18.5. The number of carboxylic acid groups (broad SMARTS) is 1. The van der Waals surface area contributed by atoms with Crippen LogP contribution in [0, 0.1) is 5.92 Å². The minimum absolute atomic E-state index is 0.232. The number of nitrogens with one attached hydrogen (secondary N) is 1. The van der Waals surface area contributed by atoms with Gasteiger partial charge in [-0.15, -0.1) is 0 Å². The van der Waals surface area contributed by atoms with Gasteiger partial charge in [-0.25, -0.2) is 0 Å². The van der Waals surface area contributed by atoms with Crippen molar-refractivity contribution in [2.24, 2.45) is 13.0 Å². The van der Waals surface area contributed by atoms with Crippen LogP contribution in [-0.2, 0) is 23.2 Å². The van der Waals surface area contributed by atoms with Gasteiger partial charge in [0.25, 0.3) is 0 Å². The van der Waals surface area contributed by atoms with Crippen LogP contribution in [0.3, 0.4) is 0 Å². The Hall–Kier alpha value is -3.78. The Bertz CT molecular complexity index is 1150. The van der Waals surface area contributed by atoms with Gasteiger partial charge in [-0.05, 0) is 54.8 Å². The van der Waals surface area contributed by atoms with Crippen LogP contribution in [0.2, 0.25) is 0 Å². The summed E-state index contributed by atoms with van der Waals surface area (Å²) in [7, 11) is 1.86.